The van der Waals surface area contributed by atoms with Crippen molar-refractivity contribution in [1.82, 2.24) is 4.90 Å². The molecular weight excluding hydrogens is 220 g/mol. The van der Waals surface area contributed by atoms with Crippen LogP contribution in [-0.2, 0) is 14.3 Å². The zero-order valence-electron chi connectivity index (χ0n) is 10.6. The second kappa shape index (κ2) is 4.92. The molecule has 0 bridgehead atoms. The molecule has 2 aliphatic rings. The van der Waals surface area contributed by atoms with Crippen LogP contribution in [0.3, 0.4) is 0 Å². The van der Waals surface area contributed by atoms with Gasteiger partial charge in [-0.3, -0.25) is 4.79 Å². The van der Waals surface area contributed by atoms with Gasteiger partial charge in [0.2, 0.25) is 0 Å². The van der Waals surface area contributed by atoms with Crippen LogP contribution in [0.15, 0.2) is 0 Å². The van der Waals surface area contributed by atoms with Gasteiger partial charge in [0, 0.05) is 26.2 Å². The molecule has 2 saturated heterocycles. The summed E-state index contributed by atoms with van der Waals surface area (Å²) in [5.74, 6) is 0.0867. The SMILES string of the molecule is CC1CN(C(=O)C2(C)CCCO2)CC(CN)O1. The summed E-state index contributed by atoms with van der Waals surface area (Å²) >= 11 is 0. The van der Waals surface area contributed by atoms with E-state index in [0.717, 1.165) is 12.8 Å². The summed E-state index contributed by atoms with van der Waals surface area (Å²) < 4.78 is 11.2. The van der Waals surface area contributed by atoms with Gasteiger partial charge in [0.05, 0.1) is 12.2 Å². The quantitative estimate of drug-likeness (QED) is 0.747. The number of carbonyl (C=O) groups excluding carboxylic acids is 1. The Morgan fingerprint density at radius 1 is 1.53 bits per heavy atom. The van der Waals surface area contributed by atoms with E-state index in [0.29, 0.717) is 26.2 Å². The minimum absolute atomic E-state index is 0.0475. The summed E-state index contributed by atoms with van der Waals surface area (Å²) in [5, 5.41) is 0. The van der Waals surface area contributed by atoms with E-state index in [1.54, 1.807) is 0 Å². The normalized spacial score (nSPS) is 38.4. The van der Waals surface area contributed by atoms with Crippen molar-refractivity contribution in [3.8, 4) is 0 Å². The van der Waals surface area contributed by atoms with Crippen LogP contribution in [0.25, 0.3) is 0 Å². The number of carbonyl (C=O) groups is 1. The zero-order chi connectivity index (χ0) is 12.5. The molecule has 2 N–H and O–H groups in total. The van der Waals surface area contributed by atoms with Crippen molar-refractivity contribution in [2.24, 2.45) is 5.73 Å². The first-order valence-corrected chi connectivity index (χ1v) is 6.34. The lowest BCUT2D eigenvalue weighted by Gasteiger charge is -2.39. The molecule has 0 aromatic carbocycles. The minimum atomic E-state index is -0.629. The lowest BCUT2D eigenvalue weighted by Crippen LogP contribution is -2.56. The standard InChI is InChI=1S/C12H22N2O3/c1-9-7-14(8-10(6-13)17-9)11(15)12(2)4-3-5-16-12/h9-10H,3-8,13H2,1-2H3. The average molecular weight is 242 g/mol. The molecule has 5 nitrogen and oxygen atoms in total. The molecule has 0 saturated carbocycles. The van der Waals surface area contributed by atoms with Crippen LogP contribution >= 0.6 is 0 Å². The van der Waals surface area contributed by atoms with Crippen LogP contribution in [0.4, 0.5) is 0 Å². The van der Waals surface area contributed by atoms with Gasteiger partial charge < -0.3 is 20.1 Å². The minimum Gasteiger partial charge on any atom is -0.370 e. The topological polar surface area (TPSA) is 64.8 Å². The molecule has 2 rings (SSSR count). The average Bonchev–Trinajstić information content (AvgIpc) is 2.75. The molecule has 0 aliphatic carbocycles. The first-order chi connectivity index (χ1) is 8.05. The smallest absolute Gasteiger partial charge is 0.254 e. The van der Waals surface area contributed by atoms with Gasteiger partial charge in [0.15, 0.2) is 0 Å². The number of rotatable bonds is 2. The van der Waals surface area contributed by atoms with Crippen molar-refractivity contribution in [3.05, 3.63) is 0 Å². The molecule has 0 aromatic heterocycles. The maximum Gasteiger partial charge on any atom is 0.254 e. The lowest BCUT2D eigenvalue weighted by molar-refractivity contribution is -0.162. The van der Waals surface area contributed by atoms with E-state index in [1.807, 2.05) is 18.7 Å². The molecular formula is C12H22N2O3. The van der Waals surface area contributed by atoms with Crippen LogP contribution in [0.1, 0.15) is 26.7 Å². The highest BCUT2D eigenvalue weighted by Gasteiger charge is 2.42. The van der Waals surface area contributed by atoms with Gasteiger partial charge in [-0.05, 0) is 26.7 Å². The van der Waals surface area contributed by atoms with E-state index in [9.17, 15) is 4.79 Å². The Morgan fingerprint density at radius 2 is 2.29 bits per heavy atom. The van der Waals surface area contributed by atoms with Gasteiger partial charge in [-0.15, -0.1) is 0 Å². The summed E-state index contributed by atoms with van der Waals surface area (Å²) in [6, 6.07) is 0. The Balaban J connectivity index is 2.03. The molecule has 2 aliphatic heterocycles. The van der Waals surface area contributed by atoms with Gasteiger partial charge >= 0.3 is 0 Å². The zero-order valence-corrected chi connectivity index (χ0v) is 10.6. The maximum absolute atomic E-state index is 12.4. The number of nitrogens with zero attached hydrogens (tertiary/aromatic N) is 1. The molecule has 5 heteroatoms. The van der Waals surface area contributed by atoms with Crippen molar-refractivity contribution in [2.75, 3.05) is 26.2 Å². The number of morpholine rings is 1. The van der Waals surface area contributed by atoms with Crippen LogP contribution < -0.4 is 5.73 Å². The Bertz CT molecular complexity index is 289. The molecule has 3 atom stereocenters. The fraction of sp³-hybridized carbons (Fsp3) is 0.917. The first-order valence-electron chi connectivity index (χ1n) is 6.34. The Kier molecular flexibility index (Phi) is 3.70. The largest absolute Gasteiger partial charge is 0.370 e. The fourth-order valence-corrected chi connectivity index (χ4v) is 2.62. The molecule has 17 heavy (non-hydrogen) atoms. The first kappa shape index (κ1) is 12.8. The highest BCUT2D eigenvalue weighted by atomic mass is 16.5. The van der Waals surface area contributed by atoms with Crippen molar-refractivity contribution in [2.45, 2.75) is 44.5 Å². The second-order valence-electron chi connectivity index (χ2n) is 5.20. The summed E-state index contributed by atoms with van der Waals surface area (Å²) in [6.45, 7) is 6.21. The Hall–Kier alpha value is -0.650. The Morgan fingerprint density at radius 3 is 2.88 bits per heavy atom. The van der Waals surface area contributed by atoms with Gasteiger partial charge in [-0.2, -0.15) is 0 Å². The van der Waals surface area contributed by atoms with Gasteiger partial charge in [0.25, 0.3) is 5.91 Å². The summed E-state index contributed by atoms with van der Waals surface area (Å²) in [6.07, 6.45) is 1.77. The number of hydrogen-bond donors (Lipinski definition) is 1. The van der Waals surface area contributed by atoms with Crippen LogP contribution in [0.5, 0.6) is 0 Å². The number of nitrogens with two attached hydrogens (primary N) is 1. The van der Waals surface area contributed by atoms with E-state index in [2.05, 4.69) is 0 Å². The maximum atomic E-state index is 12.4. The van der Waals surface area contributed by atoms with Crippen molar-refractivity contribution in [3.63, 3.8) is 0 Å². The third kappa shape index (κ3) is 2.61. The molecule has 0 radical (unpaired) electrons. The van der Waals surface area contributed by atoms with Gasteiger partial charge in [0.1, 0.15) is 5.60 Å². The fourth-order valence-electron chi connectivity index (χ4n) is 2.62. The molecule has 0 spiro atoms. The Labute approximate surface area is 102 Å². The number of ether oxygens (including phenoxy) is 2. The third-order valence-corrected chi connectivity index (χ3v) is 3.55. The van der Waals surface area contributed by atoms with Gasteiger partial charge in [-0.25, -0.2) is 0 Å². The summed E-state index contributed by atoms with van der Waals surface area (Å²) in [5.41, 5.74) is 4.99. The predicted octanol–water partition coefficient (Wildman–Crippen LogP) is 0.130. The van der Waals surface area contributed by atoms with Crippen molar-refractivity contribution < 1.29 is 14.3 Å². The molecule has 0 aromatic rings. The van der Waals surface area contributed by atoms with E-state index in [4.69, 9.17) is 15.2 Å². The predicted molar refractivity (Wildman–Crippen MR) is 63.6 cm³/mol. The van der Waals surface area contributed by atoms with E-state index in [-0.39, 0.29) is 18.1 Å². The summed E-state index contributed by atoms with van der Waals surface area (Å²) in [4.78, 5) is 14.3. The summed E-state index contributed by atoms with van der Waals surface area (Å²) in [7, 11) is 0. The van der Waals surface area contributed by atoms with E-state index >= 15 is 0 Å². The van der Waals surface area contributed by atoms with Crippen LogP contribution in [-0.4, -0.2) is 54.9 Å². The number of hydrogen-bond acceptors (Lipinski definition) is 4. The van der Waals surface area contributed by atoms with Gasteiger partial charge in [-0.1, -0.05) is 0 Å². The van der Waals surface area contributed by atoms with Crippen molar-refractivity contribution >= 4 is 5.91 Å². The molecule has 2 fully saturated rings. The van der Waals surface area contributed by atoms with Crippen LogP contribution in [0, 0.1) is 0 Å². The molecule has 2 heterocycles. The van der Waals surface area contributed by atoms with Crippen molar-refractivity contribution in [1.29, 1.82) is 0 Å². The van der Waals surface area contributed by atoms with Crippen LogP contribution in [0.2, 0.25) is 0 Å². The highest BCUT2D eigenvalue weighted by molar-refractivity contribution is 5.85. The van der Waals surface area contributed by atoms with E-state index in [1.165, 1.54) is 0 Å². The second-order valence-corrected chi connectivity index (χ2v) is 5.20. The monoisotopic (exact) mass is 242 g/mol. The highest BCUT2D eigenvalue weighted by Crippen LogP contribution is 2.28. The van der Waals surface area contributed by atoms with E-state index < -0.39 is 5.60 Å². The third-order valence-electron chi connectivity index (χ3n) is 3.55. The molecule has 3 unspecified atom stereocenters. The number of amides is 1. The lowest BCUT2D eigenvalue weighted by atomic mass is 10.00. The molecule has 98 valence electrons. The molecule has 1 amide bonds.